The normalized spacial score (nSPS) is 9.75. The molecule has 0 aliphatic carbocycles. The summed E-state index contributed by atoms with van der Waals surface area (Å²) in [5.74, 6) is 0.0341. The molecule has 2 aromatic carbocycles. The number of hydrogen-bond donors (Lipinski definition) is 0. The minimum atomic E-state index is 0.0341. The zero-order chi connectivity index (χ0) is 11.4. The third-order valence-electron chi connectivity index (χ3n) is 2.28. The maximum atomic E-state index is 12.1. The predicted molar refractivity (Wildman–Crippen MR) is 67.1 cm³/mol. The van der Waals surface area contributed by atoms with E-state index in [2.05, 4.69) is 15.6 Å². The van der Waals surface area contributed by atoms with Gasteiger partial charge in [-0.15, -0.1) is 0 Å². The quantitative estimate of drug-likeness (QED) is 0.619. The van der Waals surface area contributed by atoms with E-state index in [1.807, 2.05) is 60.7 Å². The summed E-state index contributed by atoms with van der Waals surface area (Å²) in [6.07, 6.45) is 0. The van der Waals surface area contributed by atoms with Crippen LogP contribution in [0.2, 0.25) is 0 Å². The molecule has 0 amide bonds. The first-order chi connectivity index (χ1) is 7.79. The van der Waals surface area contributed by atoms with E-state index < -0.39 is 0 Å². The van der Waals surface area contributed by atoms with Gasteiger partial charge in [0.25, 0.3) is 0 Å². The fourth-order valence-electron chi connectivity index (χ4n) is 1.44. The molecule has 0 radical (unpaired) electrons. The Hall–Kier alpha value is -1.50. The average Bonchev–Trinajstić information content (AvgIpc) is 2.39. The fraction of sp³-hybridized carbons (Fsp3) is 0. The molecule has 78 valence electrons. The van der Waals surface area contributed by atoms with Crippen molar-refractivity contribution in [2.75, 3.05) is 0 Å². The van der Waals surface area contributed by atoms with Crippen LogP contribution in [0.1, 0.15) is 15.9 Å². The van der Waals surface area contributed by atoms with Crippen molar-refractivity contribution in [2.45, 2.75) is 0 Å². The second-order valence-electron chi connectivity index (χ2n) is 3.39. The van der Waals surface area contributed by atoms with E-state index in [4.69, 9.17) is 0 Å². The summed E-state index contributed by atoms with van der Waals surface area (Å²) >= 11 is 2.86. The molecule has 0 bridgehead atoms. The molecule has 0 saturated carbocycles. The van der Waals surface area contributed by atoms with Gasteiger partial charge >= 0.3 is 102 Å². The Morgan fingerprint density at radius 3 is 1.69 bits per heavy atom. The van der Waals surface area contributed by atoms with Crippen LogP contribution in [0.25, 0.3) is 0 Å². The number of hydrogen-bond acceptors (Lipinski definition) is 1. The molecule has 16 heavy (non-hydrogen) atoms. The summed E-state index contributed by atoms with van der Waals surface area (Å²) in [6, 6.07) is 18.9. The molecule has 0 unspecified atom stereocenters. The van der Waals surface area contributed by atoms with Crippen LogP contribution in [0, 0.1) is 0 Å². The van der Waals surface area contributed by atoms with Gasteiger partial charge in [-0.1, -0.05) is 0 Å². The molecule has 0 atom stereocenters. The number of ketones is 1. The van der Waals surface area contributed by atoms with Crippen molar-refractivity contribution in [1.29, 1.82) is 0 Å². The number of carbonyl (C=O) groups is 1. The monoisotopic (exact) mass is 274 g/mol. The summed E-state index contributed by atoms with van der Waals surface area (Å²) in [5, 5.41) is 0. The van der Waals surface area contributed by atoms with Gasteiger partial charge in [-0.3, -0.25) is 0 Å². The standard InChI is InChI=1S/C14H10OSe/c15-13(11-7-3-1-4-8-11)14(16)12-9-5-2-6-10-12/h1-10H. The van der Waals surface area contributed by atoms with Gasteiger partial charge in [0, 0.05) is 0 Å². The summed E-state index contributed by atoms with van der Waals surface area (Å²) in [6.45, 7) is 0. The van der Waals surface area contributed by atoms with Crippen LogP contribution in [0.15, 0.2) is 60.7 Å². The van der Waals surface area contributed by atoms with E-state index in [1.54, 1.807) is 0 Å². The Labute approximate surface area is 102 Å². The Morgan fingerprint density at radius 1 is 0.750 bits per heavy atom. The van der Waals surface area contributed by atoms with Crippen LogP contribution in [-0.2, 0) is 0 Å². The molecule has 0 aliphatic rings. The zero-order valence-corrected chi connectivity index (χ0v) is 10.3. The average molecular weight is 273 g/mol. The first kappa shape index (κ1) is 11.0. The topological polar surface area (TPSA) is 17.1 Å². The van der Waals surface area contributed by atoms with Crippen LogP contribution >= 0.6 is 0 Å². The van der Waals surface area contributed by atoms with Crippen molar-refractivity contribution in [3.05, 3.63) is 71.8 Å². The molecule has 0 aliphatic heterocycles. The van der Waals surface area contributed by atoms with E-state index in [0.29, 0.717) is 9.98 Å². The molecule has 0 heterocycles. The van der Waals surface area contributed by atoms with Gasteiger partial charge in [0.05, 0.1) is 0 Å². The van der Waals surface area contributed by atoms with Crippen LogP contribution in [0.3, 0.4) is 0 Å². The Morgan fingerprint density at radius 2 is 1.19 bits per heavy atom. The molecule has 1 nitrogen and oxygen atoms in total. The minimum absolute atomic E-state index is 0.0341. The van der Waals surface area contributed by atoms with Gasteiger partial charge in [-0.05, 0) is 0 Å². The SMILES string of the molecule is O=C(C(=[Se])c1ccccc1)c1ccccc1. The van der Waals surface area contributed by atoms with Gasteiger partial charge in [-0.25, -0.2) is 0 Å². The summed E-state index contributed by atoms with van der Waals surface area (Å²) in [5.41, 5.74) is 1.64. The van der Waals surface area contributed by atoms with Crippen LogP contribution in [0.4, 0.5) is 0 Å². The van der Waals surface area contributed by atoms with Crippen molar-refractivity contribution < 1.29 is 4.79 Å². The Balaban J connectivity index is 2.28. The van der Waals surface area contributed by atoms with Gasteiger partial charge in [-0.2, -0.15) is 0 Å². The fourth-order valence-corrected chi connectivity index (χ4v) is 1.97. The van der Waals surface area contributed by atoms with Crippen LogP contribution in [-0.4, -0.2) is 25.8 Å². The summed E-state index contributed by atoms with van der Waals surface area (Å²) in [4.78, 5) is 12.1. The molecule has 0 N–H and O–H groups in total. The molecular weight excluding hydrogens is 263 g/mol. The maximum absolute atomic E-state index is 12.1. The molecule has 2 heteroatoms. The van der Waals surface area contributed by atoms with Gasteiger partial charge in [0.15, 0.2) is 0 Å². The second kappa shape index (κ2) is 5.02. The third kappa shape index (κ3) is 2.35. The number of benzene rings is 2. The molecule has 0 spiro atoms. The number of Topliss-reactive ketones (excluding diaryl/α,β-unsaturated/α-hetero) is 1. The van der Waals surface area contributed by atoms with E-state index in [1.165, 1.54) is 0 Å². The van der Waals surface area contributed by atoms with Gasteiger partial charge < -0.3 is 0 Å². The third-order valence-corrected chi connectivity index (χ3v) is 3.16. The van der Waals surface area contributed by atoms with E-state index in [0.717, 1.165) is 5.56 Å². The first-order valence-electron chi connectivity index (χ1n) is 4.98. The molecule has 0 fully saturated rings. The van der Waals surface area contributed by atoms with Gasteiger partial charge in [0.2, 0.25) is 0 Å². The molecule has 2 rings (SSSR count). The molecule has 2 aromatic rings. The predicted octanol–water partition coefficient (Wildman–Crippen LogP) is 2.26. The van der Waals surface area contributed by atoms with Crippen LogP contribution < -0.4 is 0 Å². The van der Waals surface area contributed by atoms with E-state index in [9.17, 15) is 4.79 Å². The van der Waals surface area contributed by atoms with Crippen molar-refractivity contribution >= 4 is 25.8 Å². The Bertz CT molecular complexity index is 453. The van der Waals surface area contributed by atoms with E-state index in [-0.39, 0.29) is 5.78 Å². The first-order valence-corrected chi connectivity index (χ1v) is 5.84. The van der Waals surface area contributed by atoms with Gasteiger partial charge in [0.1, 0.15) is 0 Å². The summed E-state index contributed by atoms with van der Waals surface area (Å²) in [7, 11) is 0. The van der Waals surface area contributed by atoms with Crippen molar-refractivity contribution in [3.63, 3.8) is 0 Å². The number of carbonyl (C=O) groups excluding carboxylic acids is 1. The Kier molecular flexibility index (Phi) is 3.45. The summed E-state index contributed by atoms with van der Waals surface area (Å²) < 4.78 is 0.659. The number of rotatable bonds is 3. The molecule has 0 aromatic heterocycles. The van der Waals surface area contributed by atoms with Crippen molar-refractivity contribution in [2.24, 2.45) is 0 Å². The van der Waals surface area contributed by atoms with Crippen molar-refractivity contribution in [1.82, 2.24) is 0 Å². The van der Waals surface area contributed by atoms with Crippen molar-refractivity contribution in [3.8, 4) is 0 Å². The molecule has 0 saturated heterocycles. The van der Waals surface area contributed by atoms with Crippen LogP contribution in [0.5, 0.6) is 0 Å². The molecular formula is C14H10OSe. The second-order valence-corrected chi connectivity index (χ2v) is 4.25. The zero-order valence-electron chi connectivity index (χ0n) is 8.59. The van der Waals surface area contributed by atoms with E-state index >= 15 is 0 Å².